The lowest BCUT2D eigenvalue weighted by Gasteiger charge is -2.07. The molecule has 0 fully saturated rings. The zero-order valence-corrected chi connectivity index (χ0v) is 10.2. The number of benzene rings is 1. The third kappa shape index (κ3) is 2.34. The Morgan fingerprint density at radius 2 is 2.00 bits per heavy atom. The van der Waals surface area contributed by atoms with Gasteiger partial charge in [-0.3, -0.25) is 10.4 Å². The van der Waals surface area contributed by atoms with Crippen molar-refractivity contribution < 1.29 is 9.13 Å². The molecule has 0 aliphatic heterocycles. The lowest BCUT2D eigenvalue weighted by molar-refractivity contribution is 0.420. The van der Waals surface area contributed by atoms with Gasteiger partial charge in [0.25, 0.3) is 5.88 Å². The maximum absolute atomic E-state index is 13.6. The van der Waals surface area contributed by atoms with Crippen molar-refractivity contribution in [3.63, 3.8) is 0 Å². The molecular formula is C13H10FN5O. The molecule has 3 N–H and O–H groups in total. The van der Waals surface area contributed by atoms with Crippen LogP contribution in [-0.4, -0.2) is 15.0 Å². The van der Waals surface area contributed by atoms with E-state index in [1.165, 1.54) is 6.20 Å². The van der Waals surface area contributed by atoms with Gasteiger partial charge in [0.05, 0.1) is 17.9 Å². The average molecular weight is 271 g/mol. The highest BCUT2D eigenvalue weighted by Crippen LogP contribution is 2.24. The molecule has 7 heteroatoms. The topological polar surface area (TPSA) is 86.0 Å². The number of rotatable bonds is 3. The molecular weight excluding hydrogens is 261 g/mol. The number of hydrazine groups is 1. The Hall–Kier alpha value is -2.80. The number of halogens is 1. The Labute approximate surface area is 113 Å². The van der Waals surface area contributed by atoms with Gasteiger partial charge in [0.1, 0.15) is 5.75 Å². The number of hydrogen-bond donors (Lipinski definition) is 2. The second-order valence-corrected chi connectivity index (χ2v) is 3.96. The number of aromatic nitrogens is 3. The fourth-order valence-corrected chi connectivity index (χ4v) is 1.71. The Morgan fingerprint density at radius 3 is 2.85 bits per heavy atom. The van der Waals surface area contributed by atoms with E-state index in [0.717, 1.165) is 17.1 Å². The van der Waals surface area contributed by atoms with Crippen molar-refractivity contribution in [3.8, 4) is 11.6 Å². The molecule has 2 heterocycles. The summed E-state index contributed by atoms with van der Waals surface area (Å²) in [5, 5.41) is 0.886. The van der Waals surface area contributed by atoms with Crippen LogP contribution in [0, 0.1) is 5.82 Å². The van der Waals surface area contributed by atoms with Crippen LogP contribution in [0.1, 0.15) is 0 Å². The summed E-state index contributed by atoms with van der Waals surface area (Å²) in [6.45, 7) is 0. The molecule has 0 saturated carbocycles. The van der Waals surface area contributed by atoms with Gasteiger partial charge in [-0.1, -0.05) is 18.2 Å². The molecule has 0 radical (unpaired) electrons. The number of nitrogen functional groups attached to an aromatic ring is 1. The summed E-state index contributed by atoms with van der Waals surface area (Å²) < 4.78 is 18.9. The second kappa shape index (κ2) is 5.06. The van der Waals surface area contributed by atoms with Crippen LogP contribution >= 0.6 is 0 Å². The van der Waals surface area contributed by atoms with Crippen molar-refractivity contribution in [1.29, 1.82) is 0 Å². The van der Waals surface area contributed by atoms with Crippen LogP contribution in [0.5, 0.6) is 11.6 Å². The van der Waals surface area contributed by atoms with E-state index in [9.17, 15) is 4.39 Å². The van der Waals surface area contributed by atoms with Gasteiger partial charge in [-0.25, -0.2) is 10.8 Å². The van der Waals surface area contributed by atoms with Crippen LogP contribution in [0.4, 0.5) is 10.3 Å². The summed E-state index contributed by atoms with van der Waals surface area (Å²) in [5.74, 6) is 4.71. The lowest BCUT2D eigenvalue weighted by atomic mass is 10.2. The summed E-state index contributed by atoms with van der Waals surface area (Å²) in [4.78, 5) is 11.6. The molecule has 1 aromatic carbocycles. The van der Waals surface area contributed by atoms with Gasteiger partial charge in [0.15, 0.2) is 0 Å². The van der Waals surface area contributed by atoms with Gasteiger partial charge in [-0.05, 0) is 12.1 Å². The van der Waals surface area contributed by atoms with Gasteiger partial charge in [0, 0.05) is 5.39 Å². The largest absolute Gasteiger partial charge is 0.435 e. The minimum absolute atomic E-state index is 0.0650. The van der Waals surface area contributed by atoms with Crippen LogP contribution in [-0.2, 0) is 0 Å². The molecule has 3 aromatic rings. The maximum atomic E-state index is 13.6. The minimum Gasteiger partial charge on any atom is -0.435 e. The summed E-state index contributed by atoms with van der Waals surface area (Å²) in [6.07, 6.45) is 2.48. The molecule has 0 saturated heterocycles. The highest BCUT2D eigenvalue weighted by Gasteiger charge is 2.09. The number of nitrogens with zero attached hydrogens (tertiary/aromatic N) is 3. The van der Waals surface area contributed by atoms with E-state index in [4.69, 9.17) is 10.6 Å². The molecule has 0 atom stereocenters. The Kier molecular flexibility index (Phi) is 3.10. The summed E-state index contributed by atoms with van der Waals surface area (Å²) >= 11 is 0. The van der Waals surface area contributed by atoms with E-state index in [1.807, 2.05) is 24.3 Å². The molecule has 0 aliphatic carbocycles. The molecule has 6 nitrogen and oxygen atoms in total. The van der Waals surface area contributed by atoms with Gasteiger partial charge in [-0.15, -0.1) is 0 Å². The van der Waals surface area contributed by atoms with Crippen molar-refractivity contribution in [2.24, 2.45) is 5.84 Å². The molecule has 0 bridgehead atoms. The predicted molar refractivity (Wildman–Crippen MR) is 71.6 cm³/mol. The maximum Gasteiger partial charge on any atom is 0.260 e. The number of para-hydroxylation sites is 1. The summed E-state index contributed by atoms with van der Waals surface area (Å²) in [6, 6.07) is 9.29. The van der Waals surface area contributed by atoms with Crippen molar-refractivity contribution in [1.82, 2.24) is 15.0 Å². The van der Waals surface area contributed by atoms with Crippen LogP contribution < -0.4 is 16.0 Å². The van der Waals surface area contributed by atoms with Crippen LogP contribution in [0.2, 0.25) is 0 Å². The first kappa shape index (κ1) is 12.2. The molecule has 100 valence electrons. The lowest BCUT2D eigenvalue weighted by Crippen LogP contribution is -2.11. The smallest absolute Gasteiger partial charge is 0.260 e. The standard InChI is InChI=1S/C13H10FN5O/c14-10-7-17-13(19-15)18-12(10)20-9-5-8-3-1-2-4-11(8)16-6-9/h1-7H,15H2,(H,17,18,19). The highest BCUT2D eigenvalue weighted by molar-refractivity contribution is 5.79. The molecule has 0 spiro atoms. The third-order valence-electron chi connectivity index (χ3n) is 2.62. The van der Waals surface area contributed by atoms with E-state index in [2.05, 4.69) is 20.4 Å². The predicted octanol–water partition coefficient (Wildman–Crippen LogP) is 2.24. The normalized spacial score (nSPS) is 10.5. The number of nitrogens with one attached hydrogen (secondary N) is 1. The average Bonchev–Trinajstić information content (AvgIpc) is 2.49. The number of nitrogens with two attached hydrogens (primary N) is 1. The van der Waals surface area contributed by atoms with Gasteiger partial charge in [0.2, 0.25) is 11.8 Å². The summed E-state index contributed by atoms with van der Waals surface area (Å²) in [5.41, 5.74) is 3.05. The van der Waals surface area contributed by atoms with E-state index in [0.29, 0.717) is 5.75 Å². The molecule has 0 unspecified atom stereocenters. The van der Waals surface area contributed by atoms with E-state index >= 15 is 0 Å². The number of hydrogen-bond acceptors (Lipinski definition) is 6. The quantitative estimate of drug-likeness (QED) is 0.561. The van der Waals surface area contributed by atoms with E-state index < -0.39 is 5.82 Å². The molecule has 3 rings (SSSR count). The van der Waals surface area contributed by atoms with Crippen LogP contribution in [0.15, 0.2) is 42.7 Å². The highest BCUT2D eigenvalue weighted by atomic mass is 19.1. The minimum atomic E-state index is -0.683. The van der Waals surface area contributed by atoms with Gasteiger partial charge >= 0.3 is 0 Å². The first-order chi connectivity index (χ1) is 9.76. The van der Waals surface area contributed by atoms with Crippen molar-refractivity contribution in [3.05, 3.63) is 48.5 Å². The van der Waals surface area contributed by atoms with Crippen molar-refractivity contribution in [2.75, 3.05) is 5.43 Å². The fourth-order valence-electron chi connectivity index (χ4n) is 1.71. The first-order valence-corrected chi connectivity index (χ1v) is 5.78. The fraction of sp³-hybridized carbons (Fsp3) is 0. The van der Waals surface area contributed by atoms with Crippen molar-refractivity contribution in [2.45, 2.75) is 0 Å². The van der Waals surface area contributed by atoms with Gasteiger partial charge < -0.3 is 4.74 Å². The van der Waals surface area contributed by atoms with E-state index in [1.54, 1.807) is 6.07 Å². The second-order valence-electron chi connectivity index (χ2n) is 3.96. The third-order valence-corrected chi connectivity index (χ3v) is 2.62. The van der Waals surface area contributed by atoms with Crippen molar-refractivity contribution >= 4 is 16.9 Å². The number of ether oxygens (including phenoxy) is 1. The zero-order valence-electron chi connectivity index (χ0n) is 10.2. The molecule has 0 aliphatic rings. The molecule has 20 heavy (non-hydrogen) atoms. The number of pyridine rings is 1. The summed E-state index contributed by atoms with van der Waals surface area (Å²) in [7, 11) is 0. The Morgan fingerprint density at radius 1 is 1.15 bits per heavy atom. The number of fused-ring (bicyclic) bond motifs is 1. The van der Waals surface area contributed by atoms with Crippen LogP contribution in [0.25, 0.3) is 10.9 Å². The van der Waals surface area contributed by atoms with Crippen LogP contribution in [0.3, 0.4) is 0 Å². The Balaban J connectivity index is 1.96. The monoisotopic (exact) mass is 271 g/mol. The zero-order chi connectivity index (χ0) is 13.9. The van der Waals surface area contributed by atoms with E-state index in [-0.39, 0.29) is 11.8 Å². The Bertz CT molecular complexity index is 765. The SMILES string of the molecule is NNc1ncc(F)c(Oc2cnc3ccccc3c2)n1. The molecule has 0 amide bonds. The number of anilines is 1. The molecule has 2 aromatic heterocycles. The first-order valence-electron chi connectivity index (χ1n) is 5.78. The van der Waals surface area contributed by atoms with Gasteiger partial charge in [-0.2, -0.15) is 9.37 Å².